The van der Waals surface area contributed by atoms with Gasteiger partial charge in [-0.15, -0.1) is 13.2 Å². The Hall–Kier alpha value is -2.41. The van der Waals surface area contributed by atoms with E-state index in [1.165, 1.54) is 24.3 Å². The SMILES string of the molecule is OC(CNc1ccccc1)Nc1ccc(OC(F)(F)F)cc1. The number of aliphatic hydroxyl groups is 1. The van der Waals surface area contributed by atoms with Crippen molar-refractivity contribution in [3.63, 3.8) is 0 Å². The van der Waals surface area contributed by atoms with Crippen molar-refractivity contribution >= 4 is 11.4 Å². The maximum Gasteiger partial charge on any atom is 0.573 e. The van der Waals surface area contributed by atoms with E-state index in [1.807, 2.05) is 30.3 Å². The van der Waals surface area contributed by atoms with Gasteiger partial charge in [-0.1, -0.05) is 18.2 Å². The number of ether oxygens (including phenoxy) is 1. The van der Waals surface area contributed by atoms with E-state index in [-0.39, 0.29) is 12.3 Å². The fourth-order valence-corrected chi connectivity index (χ4v) is 1.77. The first-order chi connectivity index (χ1) is 10.4. The molecule has 1 unspecified atom stereocenters. The Balaban J connectivity index is 1.82. The van der Waals surface area contributed by atoms with Crippen LogP contribution in [0.2, 0.25) is 0 Å². The predicted molar refractivity (Wildman–Crippen MR) is 77.7 cm³/mol. The van der Waals surface area contributed by atoms with Gasteiger partial charge in [-0.2, -0.15) is 0 Å². The molecule has 0 aromatic heterocycles. The minimum absolute atomic E-state index is 0.241. The Morgan fingerprint density at radius 3 is 2.18 bits per heavy atom. The van der Waals surface area contributed by atoms with Crippen LogP contribution < -0.4 is 15.4 Å². The molecule has 0 aliphatic heterocycles. The Kier molecular flexibility index (Phi) is 5.11. The van der Waals surface area contributed by atoms with Crippen molar-refractivity contribution in [1.82, 2.24) is 0 Å². The number of alkyl halides is 3. The molecule has 0 aliphatic carbocycles. The molecule has 0 amide bonds. The molecule has 2 aromatic rings. The zero-order valence-electron chi connectivity index (χ0n) is 11.5. The summed E-state index contributed by atoms with van der Waals surface area (Å²) in [5.41, 5.74) is 1.34. The second-order valence-electron chi connectivity index (χ2n) is 4.48. The number of aliphatic hydroxyl groups excluding tert-OH is 1. The monoisotopic (exact) mass is 312 g/mol. The molecule has 0 fully saturated rings. The van der Waals surface area contributed by atoms with E-state index in [1.54, 1.807) is 0 Å². The van der Waals surface area contributed by atoms with Gasteiger partial charge in [0.05, 0.1) is 6.54 Å². The quantitative estimate of drug-likeness (QED) is 0.715. The maximum atomic E-state index is 12.0. The molecule has 0 radical (unpaired) electrons. The van der Waals surface area contributed by atoms with Crippen LogP contribution in [-0.4, -0.2) is 24.2 Å². The van der Waals surface area contributed by atoms with E-state index in [9.17, 15) is 18.3 Å². The lowest BCUT2D eigenvalue weighted by atomic mass is 10.3. The minimum atomic E-state index is -4.71. The molecule has 2 rings (SSSR count). The summed E-state index contributed by atoms with van der Waals surface area (Å²) in [6.45, 7) is 0.241. The molecular formula is C15H15F3N2O2. The van der Waals surface area contributed by atoms with Crippen LogP contribution in [-0.2, 0) is 0 Å². The standard InChI is InChI=1S/C15H15F3N2O2/c16-15(17,18)22-13-8-6-12(7-9-13)20-14(21)10-19-11-4-2-1-3-5-11/h1-9,14,19-21H,10H2. The normalized spacial score (nSPS) is 12.5. The highest BCUT2D eigenvalue weighted by molar-refractivity contribution is 5.47. The Labute approximate surface area is 125 Å². The van der Waals surface area contributed by atoms with Gasteiger partial charge >= 0.3 is 6.36 Å². The highest BCUT2D eigenvalue weighted by Gasteiger charge is 2.30. The number of hydrogen-bond donors (Lipinski definition) is 3. The van der Waals surface area contributed by atoms with Crippen LogP contribution >= 0.6 is 0 Å². The summed E-state index contributed by atoms with van der Waals surface area (Å²) in [7, 11) is 0. The van der Waals surface area contributed by atoms with Crippen LogP contribution in [0, 0.1) is 0 Å². The van der Waals surface area contributed by atoms with Crippen molar-refractivity contribution in [2.75, 3.05) is 17.2 Å². The maximum absolute atomic E-state index is 12.0. The summed E-state index contributed by atoms with van der Waals surface area (Å²) in [4.78, 5) is 0. The number of benzene rings is 2. The third-order valence-corrected chi connectivity index (χ3v) is 2.69. The number of nitrogens with one attached hydrogen (secondary N) is 2. The summed E-state index contributed by atoms with van der Waals surface area (Å²) < 4.78 is 39.8. The van der Waals surface area contributed by atoms with E-state index in [2.05, 4.69) is 15.4 Å². The van der Waals surface area contributed by atoms with Gasteiger partial charge in [0, 0.05) is 11.4 Å². The molecule has 0 spiro atoms. The molecule has 1 atom stereocenters. The van der Waals surface area contributed by atoms with Gasteiger partial charge in [0.1, 0.15) is 12.0 Å². The van der Waals surface area contributed by atoms with Crippen molar-refractivity contribution < 1.29 is 23.0 Å². The van der Waals surface area contributed by atoms with E-state index >= 15 is 0 Å². The summed E-state index contributed by atoms with van der Waals surface area (Å²) in [6, 6.07) is 14.5. The molecule has 2 aromatic carbocycles. The van der Waals surface area contributed by atoms with Gasteiger partial charge < -0.3 is 20.5 Å². The summed E-state index contributed by atoms with van der Waals surface area (Å²) in [5, 5.41) is 15.6. The Morgan fingerprint density at radius 1 is 0.955 bits per heavy atom. The molecule has 0 aliphatic rings. The Bertz CT molecular complexity index is 574. The molecule has 7 heteroatoms. The number of anilines is 2. The molecular weight excluding hydrogens is 297 g/mol. The van der Waals surface area contributed by atoms with Gasteiger partial charge in [0.15, 0.2) is 0 Å². The van der Waals surface area contributed by atoms with Gasteiger partial charge in [-0.25, -0.2) is 0 Å². The topological polar surface area (TPSA) is 53.5 Å². The lowest BCUT2D eigenvalue weighted by Crippen LogP contribution is -2.27. The molecule has 0 saturated carbocycles. The molecule has 0 saturated heterocycles. The molecule has 4 nitrogen and oxygen atoms in total. The lowest BCUT2D eigenvalue weighted by Gasteiger charge is -2.16. The molecule has 118 valence electrons. The van der Waals surface area contributed by atoms with E-state index in [4.69, 9.17) is 0 Å². The largest absolute Gasteiger partial charge is 0.573 e. The highest BCUT2D eigenvalue weighted by atomic mass is 19.4. The van der Waals surface area contributed by atoms with E-state index < -0.39 is 12.6 Å². The number of hydrogen-bond acceptors (Lipinski definition) is 4. The minimum Gasteiger partial charge on any atom is -0.406 e. The van der Waals surface area contributed by atoms with Crippen LogP contribution in [0.4, 0.5) is 24.5 Å². The number of para-hydroxylation sites is 1. The lowest BCUT2D eigenvalue weighted by molar-refractivity contribution is -0.274. The number of halogens is 3. The summed E-state index contributed by atoms with van der Waals surface area (Å²) in [6.07, 6.45) is -5.61. The molecule has 0 bridgehead atoms. The first kappa shape index (κ1) is 16.0. The van der Waals surface area contributed by atoms with Crippen molar-refractivity contribution in [2.24, 2.45) is 0 Å². The summed E-state index contributed by atoms with van der Waals surface area (Å²) in [5.74, 6) is -0.310. The average molecular weight is 312 g/mol. The first-order valence-electron chi connectivity index (χ1n) is 6.52. The molecule has 22 heavy (non-hydrogen) atoms. The zero-order valence-corrected chi connectivity index (χ0v) is 11.5. The third kappa shape index (κ3) is 5.53. The van der Waals surface area contributed by atoms with Gasteiger partial charge in [-0.3, -0.25) is 0 Å². The van der Waals surface area contributed by atoms with Crippen LogP contribution in [0.1, 0.15) is 0 Å². The Morgan fingerprint density at radius 2 is 1.59 bits per heavy atom. The number of rotatable bonds is 6. The van der Waals surface area contributed by atoms with Crippen molar-refractivity contribution in [3.8, 4) is 5.75 Å². The fourth-order valence-electron chi connectivity index (χ4n) is 1.77. The van der Waals surface area contributed by atoms with E-state index in [0.717, 1.165) is 5.69 Å². The predicted octanol–water partition coefficient (Wildman–Crippen LogP) is 3.43. The second kappa shape index (κ2) is 7.04. The van der Waals surface area contributed by atoms with Crippen LogP contribution in [0.5, 0.6) is 5.75 Å². The van der Waals surface area contributed by atoms with Crippen molar-refractivity contribution in [3.05, 3.63) is 54.6 Å². The first-order valence-corrected chi connectivity index (χ1v) is 6.52. The third-order valence-electron chi connectivity index (χ3n) is 2.69. The zero-order chi connectivity index (χ0) is 16.0. The highest BCUT2D eigenvalue weighted by Crippen LogP contribution is 2.24. The molecule has 0 heterocycles. The van der Waals surface area contributed by atoms with Crippen LogP contribution in [0.15, 0.2) is 54.6 Å². The smallest absolute Gasteiger partial charge is 0.406 e. The van der Waals surface area contributed by atoms with E-state index in [0.29, 0.717) is 5.69 Å². The van der Waals surface area contributed by atoms with Crippen molar-refractivity contribution in [2.45, 2.75) is 12.6 Å². The molecule has 3 N–H and O–H groups in total. The van der Waals surface area contributed by atoms with Crippen molar-refractivity contribution in [1.29, 1.82) is 0 Å². The van der Waals surface area contributed by atoms with Gasteiger partial charge in [-0.05, 0) is 36.4 Å². The van der Waals surface area contributed by atoms with Crippen LogP contribution in [0.25, 0.3) is 0 Å². The van der Waals surface area contributed by atoms with Crippen LogP contribution in [0.3, 0.4) is 0 Å². The average Bonchev–Trinajstić information content (AvgIpc) is 2.47. The van der Waals surface area contributed by atoms with Gasteiger partial charge in [0.2, 0.25) is 0 Å². The second-order valence-corrected chi connectivity index (χ2v) is 4.48. The van der Waals surface area contributed by atoms with Gasteiger partial charge in [0.25, 0.3) is 0 Å². The fraction of sp³-hybridized carbons (Fsp3) is 0.200. The summed E-state index contributed by atoms with van der Waals surface area (Å²) >= 11 is 0.